The van der Waals surface area contributed by atoms with Crippen LogP contribution in [-0.2, 0) is 19.8 Å². The molecule has 0 saturated carbocycles. The summed E-state index contributed by atoms with van der Waals surface area (Å²) >= 11 is 0. The summed E-state index contributed by atoms with van der Waals surface area (Å²) in [5.41, 5.74) is 3.59. The molecular weight excluding hydrogens is 422 g/mol. The van der Waals surface area contributed by atoms with E-state index in [-0.39, 0.29) is 11.9 Å². The lowest BCUT2D eigenvalue weighted by Gasteiger charge is -2.14. The van der Waals surface area contributed by atoms with Gasteiger partial charge in [-0.3, -0.25) is 0 Å². The molecule has 1 atom stereocenters. The predicted molar refractivity (Wildman–Crippen MR) is 133 cm³/mol. The van der Waals surface area contributed by atoms with Gasteiger partial charge in [-0.2, -0.15) is 8.42 Å². The molecular formula is C26H33NO4S. The molecule has 0 heterocycles. The summed E-state index contributed by atoms with van der Waals surface area (Å²) in [6.07, 6.45) is 14.2. The third kappa shape index (κ3) is 8.35. The van der Waals surface area contributed by atoms with Crippen LogP contribution in [0.4, 0.5) is 5.69 Å². The maximum Gasteiger partial charge on any atom is 0.333 e. The van der Waals surface area contributed by atoms with Crippen molar-refractivity contribution in [2.45, 2.75) is 39.0 Å². The number of ether oxygens (including phenoxy) is 1. The first-order chi connectivity index (χ1) is 15.3. The van der Waals surface area contributed by atoms with E-state index in [1.165, 1.54) is 0 Å². The summed E-state index contributed by atoms with van der Waals surface area (Å²) in [7, 11) is 1.72. The normalized spacial score (nSPS) is 15.5. The van der Waals surface area contributed by atoms with E-state index in [9.17, 15) is 13.2 Å². The number of unbranched alkanes of at least 4 members (excludes halogenated alkanes) is 3. The number of allylic oxidation sites excluding steroid dienone is 5. The van der Waals surface area contributed by atoms with Gasteiger partial charge in [0.15, 0.2) is 0 Å². The molecule has 172 valence electrons. The summed E-state index contributed by atoms with van der Waals surface area (Å²) < 4.78 is 28.7. The highest BCUT2D eigenvalue weighted by molar-refractivity contribution is 7.73. The Morgan fingerprint density at radius 1 is 1.12 bits per heavy atom. The molecule has 0 radical (unpaired) electrons. The van der Waals surface area contributed by atoms with Crippen molar-refractivity contribution in [2.24, 2.45) is 5.92 Å². The Labute approximate surface area is 193 Å². The number of rotatable bonds is 11. The molecule has 1 aliphatic rings. The second kappa shape index (κ2) is 12.9. The van der Waals surface area contributed by atoms with E-state index in [2.05, 4.69) is 6.58 Å². The van der Waals surface area contributed by atoms with Crippen LogP contribution >= 0.6 is 0 Å². The first-order valence-electron chi connectivity index (χ1n) is 10.9. The lowest BCUT2D eigenvalue weighted by molar-refractivity contribution is -0.139. The summed E-state index contributed by atoms with van der Waals surface area (Å²) in [5, 5.41) is 0. The van der Waals surface area contributed by atoms with Crippen molar-refractivity contribution in [2.75, 3.05) is 25.6 Å². The van der Waals surface area contributed by atoms with E-state index < -0.39 is 10.3 Å². The average Bonchev–Trinajstić information content (AvgIpc) is 2.77. The second-order valence-electron chi connectivity index (χ2n) is 8.17. The smallest absolute Gasteiger partial charge is 0.333 e. The van der Waals surface area contributed by atoms with Gasteiger partial charge in [-0.1, -0.05) is 55.9 Å². The minimum Gasteiger partial charge on any atom is -0.462 e. The van der Waals surface area contributed by atoms with Crippen LogP contribution in [0.15, 0.2) is 66.3 Å². The summed E-state index contributed by atoms with van der Waals surface area (Å²) in [6, 6.07) is 8.12. The molecule has 0 aliphatic heterocycles. The molecule has 6 heteroatoms. The van der Waals surface area contributed by atoms with Crippen molar-refractivity contribution in [1.29, 1.82) is 0 Å². The maximum atomic E-state index is 11.8. The van der Waals surface area contributed by atoms with E-state index in [1.54, 1.807) is 13.0 Å². The van der Waals surface area contributed by atoms with E-state index >= 15 is 0 Å². The van der Waals surface area contributed by atoms with Crippen LogP contribution in [0.1, 0.15) is 44.6 Å². The molecule has 0 N–H and O–H groups in total. The number of carbonyl (C=O) groups excluding carboxylic acids is 1. The highest BCUT2D eigenvalue weighted by Crippen LogP contribution is 2.21. The number of hydrogen-bond donors (Lipinski definition) is 0. The number of carbonyl (C=O) groups is 1. The molecule has 0 fully saturated rings. The van der Waals surface area contributed by atoms with Crippen molar-refractivity contribution in [3.8, 4) is 0 Å². The molecule has 5 nitrogen and oxygen atoms in total. The SMILES string of the molecule is C=C(C)C(=O)OCCCCCCC1=CC(=S(=O)=O)C(C=Cc2ccc(N(C)C)cc2)C=C1. The standard InChI is InChI=1S/C26H33NO4S/c1-20(2)26(28)31-18-8-6-5-7-9-22-11-15-23(25(19-22)32(29)30)14-10-21-12-16-24(17-13-21)27(3)4/h10-17,19,23H,1,5-9,18H2,2-4H3. The van der Waals surface area contributed by atoms with Gasteiger partial charge in [0.05, 0.1) is 11.5 Å². The largest absolute Gasteiger partial charge is 0.462 e. The fourth-order valence-electron chi connectivity index (χ4n) is 3.29. The molecule has 1 aromatic rings. The van der Waals surface area contributed by atoms with Gasteiger partial charge in [-0.25, -0.2) is 4.79 Å². The zero-order valence-corrected chi connectivity index (χ0v) is 20.0. The van der Waals surface area contributed by atoms with Crippen LogP contribution in [0.3, 0.4) is 0 Å². The zero-order valence-electron chi connectivity index (χ0n) is 19.2. The first kappa shape index (κ1) is 25.4. The van der Waals surface area contributed by atoms with Crippen molar-refractivity contribution < 1.29 is 17.9 Å². The molecule has 1 aromatic carbocycles. The second-order valence-corrected chi connectivity index (χ2v) is 9.11. The van der Waals surface area contributed by atoms with Crippen LogP contribution in [-0.4, -0.2) is 40.0 Å². The monoisotopic (exact) mass is 455 g/mol. The molecule has 1 aliphatic carbocycles. The highest BCUT2D eigenvalue weighted by atomic mass is 32.2. The van der Waals surface area contributed by atoms with Crippen molar-refractivity contribution in [1.82, 2.24) is 0 Å². The minimum absolute atomic E-state index is 0.256. The van der Waals surface area contributed by atoms with Gasteiger partial charge in [0.25, 0.3) is 0 Å². The molecule has 32 heavy (non-hydrogen) atoms. The molecule has 2 rings (SSSR count). The Bertz CT molecular complexity index is 1020. The Hall–Kier alpha value is -2.86. The quantitative estimate of drug-likeness (QED) is 0.203. The Morgan fingerprint density at radius 2 is 1.81 bits per heavy atom. The van der Waals surface area contributed by atoms with Gasteiger partial charge in [-0.15, -0.1) is 0 Å². The van der Waals surface area contributed by atoms with Crippen LogP contribution in [0, 0.1) is 5.92 Å². The van der Waals surface area contributed by atoms with Gasteiger partial charge >= 0.3 is 5.97 Å². The van der Waals surface area contributed by atoms with Crippen LogP contribution in [0.25, 0.3) is 6.08 Å². The Balaban J connectivity index is 1.84. The summed E-state index contributed by atoms with van der Waals surface area (Å²) in [4.78, 5) is 13.8. The fraction of sp³-hybridized carbons (Fsp3) is 0.385. The van der Waals surface area contributed by atoms with Gasteiger partial charge in [-0.05, 0) is 55.5 Å². The number of esters is 1. The maximum absolute atomic E-state index is 11.8. The van der Waals surface area contributed by atoms with E-state index in [1.807, 2.05) is 67.6 Å². The number of benzene rings is 1. The lowest BCUT2D eigenvalue weighted by atomic mass is 9.93. The number of anilines is 1. The lowest BCUT2D eigenvalue weighted by Crippen LogP contribution is -2.12. The Kier molecular flexibility index (Phi) is 10.2. The molecule has 0 bridgehead atoms. The van der Waals surface area contributed by atoms with Gasteiger partial charge in [0.1, 0.15) is 0 Å². The fourth-order valence-corrected chi connectivity index (χ4v) is 3.92. The minimum atomic E-state index is -2.27. The molecule has 1 unspecified atom stereocenters. The molecule has 0 spiro atoms. The topological polar surface area (TPSA) is 63.7 Å². The third-order valence-electron chi connectivity index (χ3n) is 5.21. The van der Waals surface area contributed by atoms with Crippen LogP contribution in [0.5, 0.6) is 0 Å². The first-order valence-corrected chi connectivity index (χ1v) is 12.0. The summed E-state index contributed by atoms with van der Waals surface area (Å²) in [6.45, 7) is 5.60. The zero-order chi connectivity index (χ0) is 23.5. The highest BCUT2D eigenvalue weighted by Gasteiger charge is 2.15. The number of nitrogens with zero attached hydrogens (tertiary/aromatic N) is 1. The Morgan fingerprint density at radius 3 is 2.44 bits per heavy atom. The van der Waals surface area contributed by atoms with E-state index in [0.29, 0.717) is 17.0 Å². The van der Waals surface area contributed by atoms with Gasteiger partial charge < -0.3 is 9.64 Å². The predicted octanol–water partition coefficient (Wildman–Crippen LogP) is 5.00. The third-order valence-corrected chi connectivity index (χ3v) is 5.99. The van der Waals surface area contributed by atoms with Crippen molar-refractivity contribution in [3.63, 3.8) is 0 Å². The van der Waals surface area contributed by atoms with Gasteiger partial charge in [0.2, 0.25) is 10.3 Å². The van der Waals surface area contributed by atoms with Crippen LogP contribution < -0.4 is 4.90 Å². The molecule has 0 amide bonds. The average molecular weight is 456 g/mol. The van der Waals surface area contributed by atoms with E-state index in [4.69, 9.17) is 4.74 Å². The summed E-state index contributed by atoms with van der Waals surface area (Å²) in [5.74, 6) is -0.598. The van der Waals surface area contributed by atoms with Crippen LogP contribution in [0.2, 0.25) is 0 Å². The van der Waals surface area contributed by atoms with Crippen molar-refractivity contribution in [3.05, 3.63) is 71.9 Å². The van der Waals surface area contributed by atoms with Crippen molar-refractivity contribution >= 4 is 32.9 Å². The van der Waals surface area contributed by atoms with Gasteiger partial charge in [0, 0.05) is 31.3 Å². The molecule has 0 aromatic heterocycles. The number of hydrogen-bond acceptors (Lipinski definition) is 5. The molecule has 0 saturated heterocycles. The van der Waals surface area contributed by atoms with E-state index in [0.717, 1.165) is 48.9 Å².